The van der Waals surface area contributed by atoms with Crippen molar-refractivity contribution in [1.82, 2.24) is 9.97 Å². The molecule has 0 radical (unpaired) electrons. The van der Waals surface area contributed by atoms with Gasteiger partial charge in [-0.1, -0.05) is 11.8 Å². The maximum atomic E-state index is 11.5. The Morgan fingerprint density at radius 3 is 2.61 bits per heavy atom. The van der Waals surface area contributed by atoms with Crippen LogP contribution in [-0.4, -0.2) is 46.1 Å². The van der Waals surface area contributed by atoms with Gasteiger partial charge in [-0.15, -0.1) is 0 Å². The van der Waals surface area contributed by atoms with Crippen LogP contribution in [-0.2, 0) is 4.74 Å². The summed E-state index contributed by atoms with van der Waals surface area (Å²) in [6, 6.07) is 8.35. The molecule has 0 aliphatic heterocycles. The zero-order valence-corrected chi connectivity index (χ0v) is 13.5. The molecular formula is C16H18N2O4S. The molecule has 1 atom stereocenters. The number of nitrogens with zero attached hydrogens (tertiary/aromatic N) is 2. The zero-order chi connectivity index (χ0) is 16.5. The molecule has 6 nitrogen and oxygen atoms in total. The number of aliphatic hydroxyl groups excluding tert-OH is 1. The topological polar surface area (TPSA) is 81.5 Å². The van der Waals surface area contributed by atoms with E-state index < -0.39 is 6.10 Å². The van der Waals surface area contributed by atoms with Gasteiger partial charge in [-0.25, -0.2) is 14.8 Å². The second-order valence-corrected chi connectivity index (χ2v) is 5.54. The van der Waals surface area contributed by atoms with Gasteiger partial charge in [-0.05, 0) is 37.3 Å². The lowest BCUT2D eigenvalue weighted by Crippen LogP contribution is -2.20. The molecule has 122 valence electrons. The third-order valence-electron chi connectivity index (χ3n) is 2.75. The van der Waals surface area contributed by atoms with Gasteiger partial charge in [0.05, 0.1) is 18.3 Å². The number of esters is 1. The van der Waals surface area contributed by atoms with Crippen molar-refractivity contribution in [2.24, 2.45) is 0 Å². The molecule has 7 heteroatoms. The molecule has 0 bridgehead atoms. The summed E-state index contributed by atoms with van der Waals surface area (Å²) in [4.78, 5) is 19.7. The summed E-state index contributed by atoms with van der Waals surface area (Å²) in [5.74, 6) is 0.654. The minimum absolute atomic E-state index is 0.151. The standard InChI is InChI=1S/C16H18N2O4S/c1-2-21-15(20)12-4-6-14(7-5-12)22-10-13(19)11-23-16-17-8-3-9-18-16/h3-9,13,19H,2,10-11H2,1H3/t13-/m0/s1. The minimum atomic E-state index is -0.645. The quantitative estimate of drug-likeness (QED) is 0.450. The highest BCUT2D eigenvalue weighted by Crippen LogP contribution is 2.15. The first-order valence-electron chi connectivity index (χ1n) is 7.17. The van der Waals surface area contributed by atoms with Gasteiger partial charge in [0, 0.05) is 18.1 Å². The number of rotatable bonds is 8. The largest absolute Gasteiger partial charge is 0.491 e. The summed E-state index contributed by atoms with van der Waals surface area (Å²) in [6.07, 6.45) is 2.67. The Morgan fingerprint density at radius 2 is 1.96 bits per heavy atom. The van der Waals surface area contributed by atoms with Crippen molar-refractivity contribution in [3.05, 3.63) is 48.3 Å². The summed E-state index contributed by atoms with van der Waals surface area (Å²) in [6.45, 7) is 2.25. The maximum Gasteiger partial charge on any atom is 0.338 e. The number of carbonyl (C=O) groups is 1. The molecule has 1 aromatic heterocycles. The van der Waals surface area contributed by atoms with E-state index >= 15 is 0 Å². The number of ether oxygens (including phenoxy) is 2. The van der Waals surface area contributed by atoms with Crippen LogP contribution in [0.15, 0.2) is 47.9 Å². The van der Waals surface area contributed by atoms with E-state index in [-0.39, 0.29) is 12.6 Å². The van der Waals surface area contributed by atoms with Crippen molar-refractivity contribution in [2.75, 3.05) is 19.0 Å². The summed E-state index contributed by atoms with van der Waals surface area (Å²) in [7, 11) is 0. The van der Waals surface area contributed by atoms with E-state index in [9.17, 15) is 9.90 Å². The van der Waals surface area contributed by atoms with E-state index in [4.69, 9.17) is 9.47 Å². The molecule has 0 unspecified atom stereocenters. The first-order chi connectivity index (χ1) is 11.2. The van der Waals surface area contributed by atoms with Gasteiger partial charge in [0.25, 0.3) is 0 Å². The van der Waals surface area contributed by atoms with Crippen molar-refractivity contribution in [3.63, 3.8) is 0 Å². The Bertz CT molecular complexity index is 607. The van der Waals surface area contributed by atoms with Gasteiger partial charge in [0.2, 0.25) is 0 Å². The minimum Gasteiger partial charge on any atom is -0.491 e. The number of hydrogen-bond donors (Lipinski definition) is 1. The third-order valence-corrected chi connectivity index (χ3v) is 3.78. The highest BCUT2D eigenvalue weighted by Gasteiger charge is 2.09. The lowest BCUT2D eigenvalue weighted by Gasteiger charge is -2.12. The molecule has 1 heterocycles. The zero-order valence-electron chi connectivity index (χ0n) is 12.7. The van der Waals surface area contributed by atoms with Crippen molar-refractivity contribution < 1.29 is 19.4 Å². The van der Waals surface area contributed by atoms with Gasteiger partial charge in [-0.3, -0.25) is 0 Å². The average molecular weight is 334 g/mol. The number of carbonyl (C=O) groups excluding carboxylic acids is 1. The predicted octanol–water partition coefficient (Wildman–Crippen LogP) is 2.19. The number of aromatic nitrogens is 2. The maximum absolute atomic E-state index is 11.5. The van der Waals surface area contributed by atoms with Crippen LogP contribution >= 0.6 is 11.8 Å². The molecule has 0 aliphatic rings. The van der Waals surface area contributed by atoms with E-state index in [0.717, 1.165) is 0 Å². The Kier molecular flexibility index (Phi) is 6.83. The highest BCUT2D eigenvalue weighted by molar-refractivity contribution is 7.99. The van der Waals surface area contributed by atoms with Crippen LogP contribution < -0.4 is 4.74 Å². The Labute approximate surface area is 138 Å². The molecule has 1 N–H and O–H groups in total. The number of benzene rings is 1. The molecule has 0 amide bonds. The fraction of sp³-hybridized carbons (Fsp3) is 0.312. The second-order valence-electron chi connectivity index (χ2n) is 4.55. The molecule has 2 aromatic rings. The highest BCUT2D eigenvalue weighted by atomic mass is 32.2. The molecule has 23 heavy (non-hydrogen) atoms. The lowest BCUT2D eigenvalue weighted by atomic mass is 10.2. The van der Waals surface area contributed by atoms with Crippen LogP contribution in [0, 0.1) is 0 Å². The van der Waals surface area contributed by atoms with Crippen LogP contribution in [0.2, 0.25) is 0 Å². The molecule has 0 aliphatic carbocycles. The smallest absolute Gasteiger partial charge is 0.338 e. The van der Waals surface area contributed by atoms with Crippen molar-refractivity contribution in [2.45, 2.75) is 18.2 Å². The summed E-state index contributed by atoms with van der Waals surface area (Å²) < 4.78 is 10.4. The summed E-state index contributed by atoms with van der Waals surface area (Å²) in [5.41, 5.74) is 0.469. The molecule has 1 aromatic carbocycles. The Hall–Kier alpha value is -2.12. The van der Waals surface area contributed by atoms with Crippen LogP contribution in [0.4, 0.5) is 0 Å². The van der Waals surface area contributed by atoms with Gasteiger partial charge < -0.3 is 14.6 Å². The van der Waals surface area contributed by atoms with Crippen molar-refractivity contribution in [3.8, 4) is 5.75 Å². The SMILES string of the molecule is CCOC(=O)c1ccc(OC[C@H](O)CSc2ncccn2)cc1. The molecule has 0 saturated carbocycles. The molecular weight excluding hydrogens is 316 g/mol. The van der Waals surface area contributed by atoms with Crippen LogP contribution in [0.1, 0.15) is 17.3 Å². The summed E-state index contributed by atoms with van der Waals surface area (Å²) in [5, 5.41) is 10.5. The van der Waals surface area contributed by atoms with E-state index in [2.05, 4.69) is 9.97 Å². The number of thioether (sulfide) groups is 1. The van der Waals surface area contributed by atoms with Crippen LogP contribution in [0.25, 0.3) is 0 Å². The number of aliphatic hydroxyl groups is 1. The fourth-order valence-corrected chi connectivity index (χ4v) is 2.38. The fourth-order valence-electron chi connectivity index (χ4n) is 1.67. The lowest BCUT2D eigenvalue weighted by molar-refractivity contribution is 0.0526. The Morgan fingerprint density at radius 1 is 1.26 bits per heavy atom. The first kappa shape index (κ1) is 17.2. The van der Waals surface area contributed by atoms with E-state index in [0.29, 0.717) is 28.8 Å². The van der Waals surface area contributed by atoms with Gasteiger partial charge in [-0.2, -0.15) is 0 Å². The normalized spacial score (nSPS) is 11.7. The van der Waals surface area contributed by atoms with Gasteiger partial charge in [0.1, 0.15) is 12.4 Å². The average Bonchev–Trinajstić information content (AvgIpc) is 2.59. The van der Waals surface area contributed by atoms with Crippen LogP contribution in [0.3, 0.4) is 0 Å². The molecule has 0 saturated heterocycles. The Balaban J connectivity index is 1.75. The van der Waals surface area contributed by atoms with E-state index in [1.807, 2.05) is 0 Å². The molecule has 0 fully saturated rings. The van der Waals surface area contributed by atoms with Crippen molar-refractivity contribution in [1.29, 1.82) is 0 Å². The second kappa shape index (κ2) is 9.12. The van der Waals surface area contributed by atoms with Crippen LogP contribution in [0.5, 0.6) is 5.75 Å². The van der Waals surface area contributed by atoms with Gasteiger partial charge >= 0.3 is 5.97 Å². The molecule has 0 spiro atoms. The third kappa shape index (κ3) is 5.88. The van der Waals surface area contributed by atoms with Gasteiger partial charge in [0.15, 0.2) is 5.16 Å². The first-order valence-corrected chi connectivity index (χ1v) is 8.15. The number of hydrogen-bond acceptors (Lipinski definition) is 7. The predicted molar refractivity (Wildman–Crippen MR) is 86.7 cm³/mol. The molecule has 2 rings (SSSR count). The van der Waals surface area contributed by atoms with Crippen molar-refractivity contribution >= 4 is 17.7 Å². The monoisotopic (exact) mass is 334 g/mol. The van der Waals surface area contributed by atoms with E-state index in [1.165, 1.54) is 11.8 Å². The summed E-state index contributed by atoms with van der Waals surface area (Å²) >= 11 is 1.36. The van der Waals surface area contributed by atoms with E-state index in [1.54, 1.807) is 49.6 Å².